The summed E-state index contributed by atoms with van der Waals surface area (Å²) in [4.78, 5) is 32.9. The van der Waals surface area contributed by atoms with Crippen LogP contribution >= 0.6 is 0 Å². The Morgan fingerprint density at radius 1 is 1.07 bits per heavy atom. The first-order chi connectivity index (χ1) is 19.0. The number of nitrogens with one attached hydrogen (secondary N) is 2. The van der Waals surface area contributed by atoms with Crippen molar-refractivity contribution in [1.29, 1.82) is 0 Å². The lowest BCUT2D eigenvalue weighted by Crippen LogP contribution is -2.54. The van der Waals surface area contributed by atoms with Crippen molar-refractivity contribution in [3.05, 3.63) is 71.0 Å². The molecule has 208 valence electrons. The first-order valence-corrected chi connectivity index (χ1v) is 12.8. The lowest BCUT2D eigenvalue weighted by Gasteiger charge is -2.36. The molecular weight excluding hydrogens is 521 g/mol. The van der Waals surface area contributed by atoms with Crippen LogP contribution in [0.4, 0.5) is 36.4 Å². The number of hydrogen-bond acceptors (Lipinski definition) is 9. The summed E-state index contributed by atoms with van der Waals surface area (Å²) in [6.45, 7) is 7.51. The minimum atomic E-state index is -4.52. The number of ketones is 1. The van der Waals surface area contributed by atoms with Crippen molar-refractivity contribution in [1.82, 2.24) is 25.3 Å². The van der Waals surface area contributed by atoms with Gasteiger partial charge in [-0.05, 0) is 50.1 Å². The first kappa shape index (κ1) is 27.3. The van der Waals surface area contributed by atoms with Gasteiger partial charge in [-0.1, -0.05) is 24.3 Å². The van der Waals surface area contributed by atoms with Gasteiger partial charge in [-0.2, -0.15) is 18.2 Å². The third kappa shape index (κ3) is 5.81. The number of aromatic nitrogens is 4. The average molecular weight is 551 g/mol. The number of benzene rings is 2. The molecule has 0 saturated carbocycles. The number of rotatable bonds is 6. The monoisotopic (exact) mass is 550 g/mol. The minimum absolute atomic E-state index is 0.00274. The number of halogens is 3. The van der Waals surface area contributed by atoms with E-state index in [4.69, 9.17) is 10.7 Å². The van der Waals surface area contributed by atoms with Gasteiger partial charge >= 0.3 is 6.18 Å². The third-order valence-electron chi connectivity index (χ3n) is 6.77. The number of piperazine rings is 1. The fraction of sp³-hybridized carbons (Fsp3) is 0.321. The number of aryl methyl sites for hydroxylation is 1. The predicted octanol–water partition coefficient (Wildman–Crippen LogP) is 4.68. The lowest BCUT2D eigenvalue weighted by molar-refractivity contribution is -0.137. The van der Waals surface area contributed by atoms with Crippen LogP contribution in [0, 0.1) is 6.92 Å². The van der Waals surface area contributed by atoms with Gasteiger partial charge in [-0.3, -0.25) is 4.79 Å². The minimum Gasteiger partial charge on any atom is -0.382 e. The molecule has 3 heterocycles. The van der Waals surface area contributed by atoms with Crippen molar-refractivity contribution in [2.45, 2.75) is 45.5 Å². The molecule has 40 heavy (non-hydrogen) atoms. The molecule has 0 spiro atoms. The fourth-order valence-electron chi connectivity index (χ4n) is 4.88. The predicted molar refractivity (Wildman–Crippen MR) is 148 cm³/mol. The maximum Gasteiger partial charge on any atom is 0.416 e. The van der Waals surface area contributed by atoms with E-state index in [0.29, 0.717) is 47.1 Å². The van der Waals surface area contributed by atoms with Crippen molar-refractivity contribution in [3.8, 4) is 0 Å². The number of hydrogen-bond donors (Lipinski definition) is 3. The van der Waals surface area contributed by atoms with E-state index in [1.165, 1.54) is 18.5 Å². The van der Waals surface area contributed by atoms with Gasteiger partial charge in [0.25, 0.3) is 0 Å². The zero-order valence-electron chi connectivity index (χ0n) is 22.3. The molecule has 0 bridgehead atoms. The van der Waals surface area contributed by atoms with Gasteiger partial charge in [0.2, 0.25) is 5.95 Å². The standard InChI is InChI=1S/C28H29F3N8O/c1-15-7-8-18(10-22(40)19-5-4-6-20(11-19)28(29,30)31)9-21(15)36-26-24-23(33-14-34-26)25(32)38-27(37-24)39-12-16(2)35-17(3)13-39/h4-9,11,14,16-17,35H,10,12-13H2,1-3H3,(H2,32,37,38)(H,33,34,36). The van der Waals surface area contributed by atoms with Crippen molar-refractivity contribution in [3.63, 3.8) is 0 Å². The quantitative estimate of drug-likeness (QED) is 0.294. The summed E-state index contributed by atoms with van der Waals surface area (Å²) < 4.78 is 39.3. The summed E-state index contributed by atoms with van der Waals surface area (Å²) in [6.07, 6.45) is -3.22. The van der Waals surface area contributed by atoms with Crippen LogP contribution in [0.1, 0.15) is 40.9 Å². The Kier molecular flexibility index (Phi) is 7.28. The Labute approximate surface area is 229 Å². The van der Waals surface area contributed by atoms with Crippen LogP contribution in [0.2, 0.25) is 0 Å². The number of carbonyl (C=O) groups is 1. The van der Waals surface area contributed by atoms with Crippen LogP contribution in [0.5, 0.6) is 0 Å². The van der Waals surface area contributed by atoms with Crippen LogP contribution in [0.3, 0.4) is 0 Å². The molecule has 0 amide bonds. The van der Waals surface area contributed by atoms with Crippen LogP contribution in [0.25, 0.3) is 11.0 Å². The molecule has 2 unspecified atom stereocenters. The lowest BCUT2D eigenvalue weighted by atomic mass is 9.99. The molecule has 1 saturated heterocycles. The number of Topliss-reactive ketones (excluding diaryl/α,β-unsaturated/α-hetero) is 1. The highest BCUT2D eigenvalue weighted by Gasteiger charge is 2.31. The van der Waals surface area contributed by atoms with E-state index in [9.17, 15) is 18.0 Å². The molecule has 5 rings (SSSR count). The molecule has 1 fully saturated rings. The highest BCUT2D eigenvalue weighted by atomic mass is 19.4. The summed E-state index contributed by atoms with van der Waals surface area (Å²) in [5, 5.41) is 6.76. The van der Waals surface area contributed by atoms with Gasteiger partial charge in [0.15, 0.2) is 17.4 Å². The Morgan fingerprint density at radius 3 is 2.55 bits per heavy atom. The zero-order chi connectivity index (χ0) is 28.6. The maximum atomic E-state index is 13.1. The topological polar surface area (TPSA) is 122 Å². The summed E-state index contributed by atoms with van der Waals surface area (Å²) >= 11 is 0. The third-order valence-corrected chi connectivity index (χ3v) is 6.77. The molecule has 12 heteroatoms. The molecule has 4 N–H and O–H groups in total. The largest absolute Gasteiger partial charge is 0.416 e. The van der Waals surface area contributed by atoms with Crippen molar-refractivity contribution >= 4 is 40.1 Å². The summed E-state index contributed by atoms with van der Waals surface area (Å²) in [7, 11) is 0. The number of nitrogens with two attached hydrogens (primary N) is 1. The molecular formula is C28H29F3N8O. The van der Waals surface area contributed by atoms with E-state index in [2.05, 4.69) is 44.3 Å². The van der Waals surface area contributed by atoms with Crippen LogP contribution in [-0.4, -0.2) is 50.9 Å². The Balaban J connectivity index is 1.43. The summed E-state index contributed by atoms with van der Waals surface area (Å²) in [5.41, 5.74) is 8.45. The molecule has 2 aromatic heterocycles. The van der Waals surface area contributed by atoms with Crippen molar-refractivity contribution in [2.24, 2.45) is 0 Å². The van der Waals surface area contributed by atoms with E-state index in [1.54, 1.807) is 12.1 Å². The maximum absolute atomic E-state index is 13.1. The van der Waals surface area contributed by atoms with E-state index in [1.807, 2.05) is 13.0 Å². The highest BCUT2D eigenvalue weighted by molar-refractivity contribution is 5.98. The smallest absolute Gasteiger partial charge is 0.382 e. The molecule has 0 aliphatic carbocycles. The Bertz CT molecular complexity index is 1570. The number of fused-ring (bicyclic) bond motifs is 1. The molecule has 2 aromatic carbocycles. The second kappa shape index (κ2) is 10.7. The normalized spacial score (nSPS) is 17.7. The van der Waals surface area contributed by atoms with Crippen LogP contribution < -0.4 is 21.3 Å². The Hall–Kier alpha value is -4.32. The van der Waals surface area contributed by atoms with Crippen LogP contribution in [-0.2, 0) is 12.6 Å². The fourth-order valence-corrected chi connectivity index (χ4v) is 4.88. The van der Waals surface area contributed by atoms with E-state index in [0.717, 1.165) is 17.7 Å². The molecule has 1 aliphatic rings. The van der Waals surface area contributed by atoms with Gasteiger partial charge in [-0.25, -0.2) is 15.0 Å². The van der Waals surface area contributed by atoms with Gasteiger partial charge in [0.1, 0.15) is 17.4 Å². The molecule has 0 radical (unpaired) electrons. The van der Waals surface area contributed by atoms with Crippen LogP contribution in [0.15, 0.2) is 48.8 Å². The summed E-state index contributed by atoms with van der Waals surface area (Å²) in [5.74, 6) is 0.723. The number of alkyl halides is 3. The van der Waals surface area contributed by atoms with E-state index < -0.39 is 17.5 Å². The second-order valence-electron chi connectivity index (χ2n) is 10.2. The summed E-state index contributed by atoms with van der Waals surface area (Å²) in [6, 6.07) is 10.3. The van der Waals surface area contributed by atoms with Crippen molar-refractivity contribution in [2.75, 3.05) is 29.0 Å². The van der Waals surface area contributed by atoms with E-state index >= 15 is 0 Å². The van der Waals surface area contributed by atoms with Gasteiger partial charge in [0.05, 0.1) is 5.56 Å². The molecule has 4 aromatic rings. The number of nitrogens with zero attached hydrogens (tertiary/aromatic N) is 5. The SMILES string of the molecule is Cc1ccc(CC(=O)c2cccc(C(F)(F)F)c2)cc1Nc1ncnc2c(N)nc(N3CC(C)NC(C)C3)nc12. The van der Waals surface area contributed by atoms with Gasteiger partial charge in [-0.15, -0.1) is 0 Å². The highest BCUT2D eigenvalue weighted by Crippen LogP contribution is 2.31. The number of nitrogen functional groups attached to an aromatic ring is 1. The molecule has 9 nitrogen and oxygen atoms in total. The van der Waals surface area contributed by atoms with Gasteiger partial charge < -0.3 is 21.3 Å². The first-order valence-electron chi connectivity index (χ1n) is 12.8. The zero-order valence-corrected chi connectivity index (χ0v) is 22.3. The second-order valence-corrected chi connectivity index (χ2v) is 10.2. The van der Waals surface area contributed by atoms with Crippen molar-refractivity contribution < 1.29 is 18.0 Å². The molecule has 2 atom stereocenters. The van der Waals surface area contributed by atoms with E-state index in [-0.39, 0.29) is 29.9 Å². The number of anilines is 4. The van der Waals surface area contributed by atoms with Gasteiger partial charge in [0, 0.05) is 42.8 Å². The molecule has 1 aliphatic heterocycles. The average Bonchev–Trinajstić information content (AvgIpc) is 2.90. The number of carbonyl (C=O) groups excluding carboxylic acids is 1. The Morgan fingerprint density at radius 2 is 1.82 bits per heavy atom.